The van der Waals surface area contributed by atoms with Gasteiger partial charge in [0.15, 0.2) is 5.78 Å². The second-order valence-corrected chi connectivity index (χ2v) is 5.90. The zero-order valence-electron chi connectivity index (χ0n) is 9.90. The molecule has 0 aliphatic heterocycles. The summed E-state index contributed by atoms with van der Waals surface area (Å²) in [6, 6.07) is 12.6. The largest absolute Gasteiger partial charge is 0.294 e. The van der Waals surface area contributed by atoms with Gasteiger partial charge in [0.25, 0.3) is 0 Å². The van der Waals surface area contributed by atoms with Crippen molar-refractivity contribution in [2.45, 2.75) is 19.3 Å². The van der Waals surface area contributed by atoms with Gasteiger partial charge >= 0.3 is 0 Å². The molecule has 1 heterocycles. The van der Waals surface area contributed by atoms with E-state index in [1.807, 2.05) is 17.4 Å². The molecule has 1 aromatic heterocycles. The lowest BCUT2D eigenvalue weighted by Crippen LogP contribution is -2.10. The quantitative estimate of drug-likeness (QED) is 0.572. The molecule has 1 aliphatic carbocycles. The molecule has 0 N–H and O–H groups in total. The van der Waals surface area contributed by atoms with E-state index in [4.69, 9.17) is 0 Å². The lowest BCUT2D eigenvalue weighted by atomic mass is 9.89. The van der Waals surface area contributed by atoms with E-state index in [2.05, 4.69) is 30.3 Å². The zero-order valence-corrected chi connectivity index (χ0v) is 10.7. The SMILES string of the molecule is O=C1CCCc2c1ccc1c2sc2ccccc21. The number of aryl methyl sites for hydroxylation is 1. The predicted molar refractivity (Wildman–Crippen MR) is 76.6 cm³/mol. The van der Waals surface area contributed by atoms with Crippen LogP contribution in [0.3, 0.4) is 0 Å². The molecule has 2 aromatic carbocycles. The number of benzene rings is 2. The van der Waals surface area contributed by atoms with E-state index in [1.54, 1.807) is 0 Å². The predicted octanol–water partition coefficient (Wildman–Crippen LogP) is 4.57. The summed E-state index contributed by atoms with van der Waals surface area (Å²) in [5.74, 6) is 0.315. The van der Waals surface area contributed by atoms with Crippen LogP contribution in [0.5, 0.6) is 0 Å². The number of rotatable bonds is 0. The highest BCUT2D eigenvalue weighted by Gasteiger charge is 2.20. The summed E-state index contributed by atoms with van der Waals surface area (Å²) in [7, 11) is 0. The van der Waals surface area contributed by atoms with Crippen molar-refractivity contribution in [2.75, 3.05) is 0 Å². The molecule has 0 saturated heterocycles. The Bertz CT molecular complexity index is 782. The van der Waals surface area contributed by atoms with E-state index in [1.165, 1.54) is 25.7 Å². The topological polar surface area (TPSA) is 17.1 Å². The van der Waals surface area contributed by atoms with Crippen LogP contribution in [0.25, 0.3) is 20.2 Å². The number of thiophene rings is 1. The number of hydrogen-bond acceptors (Lipinski definition) is 2. The van der Waals surface area contributed by atoms with Gasteiger partial charge < -0.3 is 0 Å². The summed E-state index contributed by atoms with van der Waals surface area (Å²) in [4.78, 5) is 11.9. The fourth-order valence-electron chi connectivity index (χ4n) is 2.91. The average molecular weight is 252 g/mol. The molecule has 0 spiro atoms. The molecule has 0 atom stereocenters. The summed E-state index contributed by atoms with van der Waals surface area (Å²) >= 11 is 1.83. The van der Waals surface area contributed by atoms with Crippen LogP contribution in [0.2, 0.25) is 0 Å². The number of carbonyl (C=O) groups is 1. The first-order valence-electron chi connectivity index (χ1n) is 6.31. The molecule has 88 valence electrons. The Hall–Kier alpha value is -1.67. The normalized spacial score (nSPS) is 15.2. The van der Waals surface area contributed by atoms with Gasteiger partial charge in [-0.15, -0.1) is 11.3 Å². The Morgan fingerprint density at radius 2 is 1.83 bits per heavy atom. The molecule has 0 bridgehead atoms. The monoisotopic (exact) mass is 252 g/mol. The van der Waals surface area contributed by atoms with Gasteiger partial charge in [0.05, 0.1) is 0 Å². The molecule has 0 radical (unpaired) electrons. The van der Waals surface area contributed by atoms with E-state index in [0.717, 1.165) is 18.4 Å². The maximum atomic E-state index is 11.9. The van der Waals surface area contributed by atoms with Gasteiger partial charge in [0, 0.05) is 32.2 Å². The molecule has 1 nitrogen and oxygen atoms in total. The molecule has 0 fully saturated rings. The van der Waals surface area contributed by atoms with Crippen LogP contribution in [-0.4, -0.2) is 5.78 Å². The lowest BCUT2D eigenvalue weighted by Gasteiger charge is -2.14. The van der Waals surface area contributed by atoms with Crippen molar-refractivity contribution in [3.8, 4) is 0 Å². The summed E-state index contributed by atoms with van der Waals surface area (Å²) in [5, 5.41) is 2.63. The molecule has 2 heteroatoms. The van der Waals surface area contributed by atoms with Crippen LogP contribution in [-0.2, 0) is 6.42 Å². The standard InChI is InChI=1S/C16H12OS/c17-14-6-3-5-12-10(14)8-9-13-11-4-1-2-7-15(11)18-16(12)13/h1-2,4,7-9H,3,5-6H2. The van der Waals surface area contributed by atoms with Crippen molar-refractivity contribution in [3.05, 3.63) is 47.5 Å². The molecule has 3 aromatic rings. The van der Waals surface area contributed by atoms with Gasteiger partial charge in [-0.1, -0.05) is 30.3 Å². The second-order valence-electron chi connectivity index (χ2n) is 4.84. The van der Waals surface area contributed by atoms with Crippen LogP contribution in [0.1, 0.15) is 28.8 Å². The highest BCUT2D eigenvalue weighted by molar-refractivity contribution is 7.26. The molecular formula is C16H12OS. The van der Waals surface area contributed by atoms with E-state index in [-0.39, 0.29) is 0 Å². The lowest BCUT2D eigenvalue weighted by molar-refractivity contribution is 0.0973. The Labute approximate surface area is 109 Å². The molecule has 1 aliphatic rings. The molecule has 0 saturated carbocycles. The van der Waals surface area contributed by atoms with Gasteiger partial charge in [0.2, 0.25) is 0 Å². The number of Topliss-reactive ketones (excluding diaryl/α,β-unsaturated/α-hetero) is 1. The summed E-state index contributed by atoms with van der Waals surface area (Å²) < 4.78 is 2.64. The highest BCUT2D eigenvalue weighted by atomic mass is 32.1. The van der Waals surface area contributed by atoms with Crippen molar-refractivity contribution in [1.29, 1.82) is 0 Å². The number of carbonyl (C=O) groups excluding carboxylic acids is 1. The number of ketones is 1. The van der Waals surface area contributed by atoms with E-state index < -0.39 is 0 Å². The van der Waals surface area contributed by atoms with Crippen LogP contribution in [0, 0.1) is 0 Å². The fraction of sp³-hybridized carbons (Fsp3) is 0.188. The molecule has 4 rings (SSSR count). The molecular weight excluding hydrogens is 240 g/mol. The van der Waals surface area contributed by atoms with Crippen molar-refractivity contribution in [3.63, 3.8) is 0 Å². The third-order valence-corrected chi connectivity index (χ3v) is 5.03. The number of hydrogen-bond donors (Lipinski definition) is 0. The Balaban J connectivity index is 2.17. The minimum Gasteiger partial charge on any atom is -0.294 e. The van der Waals surface area contributed by atoms with Crippen LogP contribution >= 0.6 is 11.3 Å². The summed E-state index contributed by atoms with van der Waals surface area (Å²) in [6.07, 6.45) is 2.76. The first-order chi connectivity index (χ1) is 8.84. The molecule has 0 unspecified atom stereocenters. The Morgan fingerprint density at radius 3 is 2.78 bits per heavy atom. The first kappa shape index (κ1) is 10.3. The van der Waals surface area contributed by atoms with Crippen LogP contribution in [0.4, 0.5) is 0 Å². The number of fused-ring (bicyclic) bond motifs is 5. The maximum Gasteiger partial charge on any atom is 0.163 e. The van der Waals surface area contributed by atoms with Crippen LogP contribution in [0.15, 0.2) is 36.4 Å². The zero-order chi connectivity index (χ0) is 12.1. The average Bonchev–Trinajstić information content (AvgIpc) is 2.78. The summed E-state index contributed by atoms with van der Waals surface area (Å²) in [5.41, 5.74) is 2.24. The Morgan fingerprint density at radius 1 is 0.944 bits per heavy atom. The minimum absolute atomic E-state index is 0.315. The van der Waals surface area contributed by atoms with Crippen molar-refractivity contribution in [1.82, 2.24) is 0 Å². The van der Waals surface area contributed by atoms with Gasteiger partial charge in [-0.25, -0.2) is 0 Å². The highest BCUT2D eigenvalue weighted by Crippen LogP contribution is 2.39. The minimum atomic E-state index is 0.315. The molecule has 18 heavy (non-hydrogen) atoms. The third kappa shape index (κ3) is 1.30. The maximum absolute atomic E-state index is 11.9. The van der Waals surface area contributed by atoms with Gasteiger partial charge in [-0.3, -0.25) is 4.79 Å². The van der Waals surface area contributed by atoms with Gasteiger partial charge in [0.1, 0.15) is 0 Å². The van der Waals surface area contributed by atoms with Crippen LogP contribution < -0.4 is 0 Å². The third-order valence-electron chi connectivity index (χ3n) is 3.78. The van der Waals surface area contributed by atoms with E-state index >= 15 is 0 Å². The fourth-order valence-corrected chi connectivity index (χ4v) is 4.19. The Kier molecular flexibility index (Phi) is 2.09. The molecule has 0 amide bonds. The van der Waals surface area contributed by atoms with Crippen molar-refractivity contribution in [2.24, 2.45) is 0 Å². The van der Waals surface area contributed by atoms with E-state index in [9.17, 15) is 4.79 Å². The van der Waals surface area contributed by atoms with Gasteiger partial charge in [-0.2, -0.15) is 0 Å². The smallest absolute Gasteiger partial charge is 0.163 e. The van der Waals surface area contributed by atoms with Crippen molar-refractivity contribution >= 4 is 37.3 Å². The van der Waals surface area contributed by atoms with Gasteiger partial charge in [-0.05, 0) is 24.5 Å². The van der Waals surface area contributed by atoms with E-state index in [0.29, 0.717) is 12.2 Å². The van der Waals surface area contributed by atoms with Crippen molar-refractivity contribution < 1.29 is 4.79 Å². The summed E-state index contributed by atoms with van der Waals surface area (Å²) in [6.45, 7) is 0. The first-order valence-corrected chi connectivity index (χ1v) is 7.12. The second kappa shape index (κ2) is 3.66.